The van der Waals surface area contributed by atoms with Gasteiger partial charge in [-0.15, -0.1) is 0 Å². The SMILES string of the molecule is CCCOc1ccc(C(=O)CCC(=O)OCC(=O)N(CCC#N)c2ccc(F)cc2)cc1. The Kier molecular flexibility index (Phi) is 9.85. The maximum absolute atomic E-state index is 13.1. The molecule has 1 amide bonds. The summed E-state index contributed by atoms with van der Waals surface area (Å²) in [6.45, 7) is 2.12. The zero-order valence-electron chi connectivity index (χ0n) is 17.9. The molecule has 0 saturated carbocycles. The Balaban J connectivity index is 1.83. The first-order valence-electron chi connectivity index (χ1n) is 10.3. The van der Waals surface area contributed by atoms with Crippen molar-refractivity contribution in [3.05, 3.63) is 59.9 Å². The number of rotatable bonds is 12. The monoisotopic (exact) mass is 440 g/mol. The number of ether oxygens (including phenoxy) is 2. The van der Waals surface area contributed by atoms with Crippen LogP contribution < -0.4 is 9.64 Å². The number of ketones is 1. The molecule has 0 heterocycles. The fourth-order valence-electron chi connectivity index (χ4n) is 2.79. The second-order valence-electron chi connectivity index (χ2n) is 6.89. The number of Topliss-reactive ketones (excluding diaryl/α,β-unsaturated/α-hetero) is 1. The number of hydrogen-bond acceptors (Lipinski definition) is 6. The molecule has 2 rings (SSSR count). The van der Waals surface area contributed by atoms with Crippen LogP contribution in [0.2, 0.25) is 0 Å². The molecule has 0 atom stereocenters. The second-order valence-corrected chi connectivity index (χ2v) is 6.89. The number of benzene rings is 2. The number of hydrogen-bond donors (Lipinski definition) is 0. The number of nitriles is 1. The van der Waals surface area contributed by atoms with Crippen molar-refractivity contribution >= 4 is 23.3 Å². The maximum Gasteiger partial charge on any atom is 0.306 e. The molecule has 0 spiro atoms. The molecule has 0 fully saturated rings. The lowest BCUT2D eigenvalue weighted by molar-refractivity contribution is -0.147. The van der Waals surface area contributed by atoms with E-state index in [1.165, 1.54) is 29.2 Å². The quantitative estimate of drug-likeness (QED) is 0.365. The highest BCUT2D eigenvalue weighted by atomic mass is 19.1. The van der Waals surface area contributed by atoms with Gasteiger partial charge in [-0.2, -0.15) is 5.26 Å². The van der Waals surface area contributed by atoms with Gasteiger partial charge in [0.15, 0.2) is 12.4 Å². The van der Waals surface area contributed by atoms with E-state index in [0.717, 1.165) is 6.42 Å². The van der Waals surface area contributed by atoms with E-state index in [4.69, 9.17) is 14.7 Å². The number of carbonyl (C=O) groups is 3. The normalized spacial score (nSPS) is 10.2. The molecule has 0 unspecified atom stereocenters. The van der Waals surface area contributed by atoms with Crippen LogP contribution in [0.15, 0.2) is 48.5 Å². The molecule has 0 aromatic heterocycles. The van der Waals surface area contributed by atoms with Gasteiger partial charge < -0.3 is 14.4 Å². The molecule has 0 aliphatic rings. The molecule has 0 radical (unpaired) electrons. The lowest BCUT2D eigenvalue weighted by atomic mass is 10.1. The predicted octanol–water partition coefficient (Wildman–Crippen LogP) is 4.07. The topological polar surface area (TPSA) is 96.7 Å². The standard InChI is InChI=1S/C24H25FN2O5/c1-2-16-31-21-10-4-18(5-11-21)22(28)12-13-24(30)32-17-23(29)27(15-3-14-26)20-8-6-19(25)7-9-20/h4-11H,2-3,12-13,15-17H2,1H3. The first kappa shape index (κ1) is 24.5. The van der Waals surface area contributed by atoms with Crippen molar-refractivity contribution in [3.8, 4) is 11.8 Å². The average molecular weight is 440 g/mol. The van der Waals surface area contributed by atoms with Crippen LogP contribution >= 0.6 is 0 Å². The van der Waals surface area contributed by atoms with Gasteiger partial charge in [0.2, 0.25) is 0 Å². The lowest BCUT2D eigenvalue weighted by Crippen LogP contribution is -2.35. The Hall–Kier alpha value is -3.73. The summed E-state index contributed by atoms with van der Waals surface area (Å²) >= 11 is 0. The zero-order valence-corrected chi connectivity index (χ0v) is 17.9. The molecule has 0 saturated heterocycles. The van der Waals surface area contributed by atoms with Crippen molar-refractivity contribution in [1.82, 2.24) is 0 Å². The molecule has 7 nitrogen and oxygen atoms in total. The summed E-state index contributed by atoms with van der Waals surface area (Å²) < 4.78 is 23.6. The van der Waals surface area contributed by atoms with Crippen LogP contribution in [0.4, 0.5) is 10.1 Å². The van der Waals surface area contributed by atoms with E-state index in [2.05, 4.69) is 0 Å². The van der Waals surface area contributed by atoms with Crippen LogP contribution in [0.25, 0.3) is 0 Å². The van der Waals surface area contributed by atoms with Gasteiger partial charge in [0.1, 0.15) is 11.6 Å². The van der Waals surface area contributed by atoms with Crippen molar-refractivity contribution < 1.29 is 28.2 Å². The minimum atomic E-state index is -0.686. The summed E-state index contributed by atoms with van der Waals surface area (Å²) in [5, 5.41) is 8.80. The van der Waals surface area contributed by atoms with Gasteiger partial charge >= 0.3 is 5.97 Å². The van der Waals surface area contributed by atoms with Gasteiger partial charge in [-0.25, -0.2) is 4.39 Å². The van der Waals surface area contributed by atoms with Crippen molar-refractivity contribution in [1.29, 1.82) is 5.26 Å². The summed E-state index contributed by atoms with van der Waals surface area (Å²) in [5.74, 6) is -1.25. The Bertz CT molecular complexity index is 952. The summed E-state index contributed by atoms with van der Waals surface area (Å²) in [7, 11) is 0. The minimum Gasteiger partial charge on any atom is -0.494 e. The molecular weight excluding hydrogens is 415 g/mol. The summed E-state index contributed by atoms with van der Waals surface area (Å²) in [6.07, 6.45) is 0.715. The van der Waals surface area contributed by atoms with Crippen LogP contribution in [-0.2, 0) is 14.3 Å². The maximum atomic E-state index is 13.1. The van der Waals surface area contributed by atoms with Gasteiger partial charge in [-0.3, -0.25) is 14.4 Å². The Labute approximate surface area is 186 Å². The molecule has 32 heavy (non-hydrogen) atoms. The Morgan fingerprint density at radius 3 is 2.34 bits per heavy atom. The molecule has 0 N–H and O–H groups in total. The van der Waals surface area contributed by atoms with Crippen LogP contribution in [0.1, 0.15) is 43.0 Å². The summed E-state index contributed by atoms with van der Waals surface area (Å²) in [5.41, 5.74) is 0.848. The van der Waals surface area contributed by atoms with Crippen LogP contribution in [0.5, 0.6) is 5.75 Å². The number of amides is 1. The number of anilines is 1. The van der Waals surface area contributed by atoms with E-state index >= 15 is 0 Å². The number of esters is 1. The van der Waals surface area contributed by atoms with E-state index in [9.17, 15) is 18.8 Å². The molecule has 2 aromatic carbocycles. The Morgan fingerprint density at radius 2 is 1.72 bits per heavy atom. The molecular formula is C24H25FN2O5. The lowest BCUT2D eigenvalue weighted by Gasteiger charge is -2.21. The summed E-state index contributed by atoms with van der Waals surface area (Å²) in [6, 6.07) is 13.8. The highest BCUT2D eigenvalue weighted by Gasteiger charge is 2.18. The van der Waals surface area contributed by atoms with Gasteiger partial charge in [0, 0.05) is 24.2 Å². The van der Waals surface area contributed by atoms with Crippen LogP contribution in [0.3, 0.4) is 0 Å². The van der Waals surface area contributed by atoms with E-state index in [0.29, 0.717) is 23.6 Å². The van der Waals surface area contributed by atoms with Gasteiger partial charge in [0.05, 0.1) is 25.5 Å². The number of carbonyl (C=O) groups excluding carboxylic acids is 3. The highest BCUT2D eigenvalue weighted by Crippen LogP contribution is 2.17. The van der Waals surface area contributed by atoms with Crippen molar-refractivity contribution in [2.75, 3.05) is 24.7 Å². The van der Waals surface area contributed by atoms with Crippen molar-refractivity contribution in [2.24, 2.45) is 0 Å². The van der Waals surface area contributed by atoms with E-state index in [-0.39, 0.29) is 31.6 Å². The van der Waals surface area contributed by atoms with Crippen molar-refractivity contribution in [3.63, 3.8) is 0 Å². The van der Waals surface area contributed by atoms with Gasteiger partial charge in [-0.05, 0) is 55.0 Å². The molecule has 0 aliphatic heterocycles. The molecule has 0 aliphatic carbocycles. The second kappa shape index (κ2) is 12.8. The van der Waals surface area contributed by atoms with Crippen molar-refractivity contribution in [2.45, 2.75) is 32.6 Å². The van der Waals surface area contributed by atoms with Gasteiger partial charge in [0.25, 0.3) is 5.91 Å². The third-order valence-electron chi connectivity index (χ3n) is 4.45. The van der Waals surface area contributed by atoms with E-state index in [1.807, 2.05) is 13.0 Å². The first-order chi connectivity index (χ1) is 15.4. The Morgan fingerprint density at radius 1 is 1.03 bits per heavy atom. The fraction of sp³-hybridized carbons (Fsp3) is 0.333. The predicted molar refractivity (Wildman–Crippen MR) is 116 cm³/mol. The third kappa shape index (κ3) is 7.84. The largest absolute Gasteiger partial charge is 0.494 e. The molecule has 8 heteroatoms. The minimum absolute atomic E-state index is 0.0572. The van der Waals surface area contributed by atoms with Crippen LogP contribution in [-0.4, -0.2) is 37.4 Å². The van der Waals surface area contributed by atoms with E-state index < -0.39 is 24.3 Å². The fourth-order valence-corrected chi connectivity index (χ4v) is 2.79. The van der Waals surface area contributed by atoms with Crippen LogP contribution in [0, 0.1) is 17.1 Å². The van der Waals surface area contributed by atoms with E-state index in [1.54, 1.807) is 24.3 Å². The third-order valence-corrected chi connectivity index (χ3v) is 4.45. The molecule has 0 bridgehead atoms. The number of halogens is 1. The highest BCUT2D eigenvalue weighted by molar-refractivity contribution is 5.98. The van der Waals surface area contributed by atoms with Gasteiger partial charge in [-0.1, -0.05) is 6.92 Å². The smallest absolute Gasteiger partial charge is 0.306 e. The first-order valence-corrected chi connectivity index (χ1v) is 10.3. The average Bonchev–Trinajstić information content (AvgIpc) is 2.81. The number of nitrogens with zero attached hydrogens (tertiary/aromatic N) is 2. The molecule has 2 aromatic rings. The summed E-state index contributed by atoms with van der Waals surface area (Å²) in [4.78, 5) is 38.0. The molecule has 168 valence electrons. The zero-order chi connectivity index (χ0) is 23.3.